The third-order valence-corrected chi connectivity index (χ3v) is 2.65. The molecule has 2 heteroatoms. The summed E-state index contributed by atoms with van der Waals surface area (Å²) in [5.41, 5.74) is 6.39. The highest BCUT2D eigenvalue weighted by Gasteiger charge is 2.04. The smallest absolute Gasteiger partial charge is 0.0565 e. The van der Waals surface area contributed by atoms with Gasteiger partial charge in [-0.3, -0.25) is 5.10 Å². The molecule has 0 amide bonds. The Kier molecular flexibility index (Phi) is 2.12. The van der Waals surface area contributed by atoms with E-state index in [2.05, 4.69) is 43.1 Å². The maximum atomic E-state index is 3.97. The fourth-order valence-corrected chi connectivity index (χ4v) is 1.67. The molecule has 0 fully saturated rings. The van der Waals surface area contributed by atoms with Crippen LogP contribution in [-0.4, -0.2) is 10.2 Å². The maximum Gasteiger partial charge on any atom is 0.0565 e. The van der Waals surface area contributed by atoms with Crippen LogP contribution in [0, 0.1) is 20.8 Å². The van der Waals surface area contributed by atoms with Gasteiger partial charge >= 0.3 is 0 Å². The molecule has 1 N–H and O–H groups in total. The molecule has 1 heterocycles. The van der Waals surface area contributed by atoms with Gasteiger partial charge in [0.25, 0.3) is 0 Å². The molecular weight excluding hydrogens is 172 g/mol. The van der Waals surface area contributed by atoms with E-state index in [1.54, 1.807) is 0 Å². The summed E-state index contributed by atoms with van der Waals surface area (Å²) in [6.45, 7) is 6.41. The molecule has 0 saturated heterocycles. The summed E-state index contributed by atoms with van der Waals surface area (Å²) in [7, 11) is 0. The number of nitrogens with one attached hydrogen (secondary N) is 1. The molecule has 2 nitrogen and oxygen atoms in total. The van der Waals surface area contributed by atoms with Gasteiger partial charge in [-0.15, -0.1) is 0 Å². The second-order valence-corrected chi connectivity index (χ2v) is 3.74. The monoisotopic (exact) mass is 186 g/mol. The number of aryl methyl sites for hydroxylation is 3. The third kappa shape index (κ3) is 1.43. The van der Waals surface area contributed by atoms with Gasteiger partial charge in [-0.2, -0.15) is 5.10 Å². The van der Waals surface area contributed by atoms with Gasteiger partial charge in [0.2, 0.25) is 0 Å². The van der Waals surface area contributed by atoms with Crippen LogP contribution in [0.1, 0.15) is 16.7 Å². The van der Waals surface area contributed by atoms with Crippen LogP contribution in [-0.2, 0) is 0 Å². The fourth-order valence-electron chi connectivity index (χ4n) is 1.67. The molecule has 2 aromatic rings. The van der Waals surface area contributed by atoms with Crippen LogP contribution in [0.5, 0.6) is 0 Å². The number of aromatic nitrogens is 2. The predicted octanol–water partition coefficient (Wildman–Crippen LogP) is 3.00. The molecule has 0 aliphatic carbocycles. The normalized spacial score (nSPS) is 10.5. The molecule has 0 aliphatic heterocycles. The van der Waals surface area contributed by atoms with Crippen molar-refractivity contribution in [2.24, 2.45) is 0 Å². The number of H-pyrrole nitrogens is 1. The summed E-state index contributed by atoms with van der Waals surface area (Å²) < 4.78 is 0. The number of hydrogen-bond donors (Lipinski definition) is 1. The zero-order valence-electron chi connectivity index (χ0n) is 8.76. The standard InChI is InChI=1S/C12H14N2/c1-8-4-10(3)12(5-9(8)2)11-6-13-14-7-11/h4-7H,1-3H3,(H,13,14). The van der Waals surface area contributed by atoms with Crippen molar-refractivity contribution in [3.63, 3.8) is 0 Å². The van der Waals surface area contributed by atoms with E-state index in [1.165, 1.54) is 22.3 Å². The molecule has 0 aliphatic rings. The molecule has 0 saturated carbocycles. The Labute approximate surface area is 84.0 Å². The highest BCUT2D eigenvalue weighted by Crippen LogP contribution is 2.25. The fraction of sp³-hybridized carbons (Fsp3) is 0.250. The van der Waals surface area contributed by atoms with Crippen LogP contribution in [0.3, 0.4) is 0 Å². The Hall–Kier alpha value is -1.57. The first-order chi connectivity index (χ1) is 6.68. The number of rotatable bonds is 1. The molecular formula is C12H14N2. The van der Waals surface area contributed by atoms with Crippen molar-refractivity contribution < 1.29 is 0 Å². The lowest BCUT2D eigenvalue weighted by Crippen LogP contribution is -1.87. The highest BCUT2D eigenvalue weighted by molar-refractivity contribution is 5.67. The molecule has 0 atom stereocenters. The van der Waals surface area contributed by atoms with E-state index in [0.29, 0.717) is 0 Å². The second-order valence-electron chi connectivity index (χ2n) is 3.74. The summed E-state index contributed by atoms with van der Waals surface area (Å²) >= 11 is 0. The lowest BCUT2D eigenvalue weighted by molar-refractivity contribution is 1.09. The van der Waals surface area contributed by atoms with Crippen LogP contribution in [0.15, 0.2) is 24.5 Å². The Morgan fingerprint density at radius 1 is 1.00 bits per heavy atom. The first-order valence-electron chi connectivity index (χ1n) is 4.75. The first kappa shape index (κ1) is 9.00. The van der Waals surface area contributed by atoms with Crippen LogP contribution in [0.2, 0.25) is 0 Å². The van der Waals surface area contributed by atoms with Crippen LogP contribution in [0.4, 0.5) is 0 Å². The number of benzene rings is 1. The Morgan fingerprint density at radius 3 is 2.36 bits per heavy atom. The largest absolute Gasteiger partial charge is 0.285 e. The quantitative estimate of drug-likeness (QED) is 0.728. The second kappa shape index (κ2) is 3.29. The van der Waals surface area contributed by atoms with Gasteiger partial charge in [-0.05, 0) is 43.0 Å². The molecule has 72 valence electrons. The Balaban J connectivity index is 2.60. The van der Waals surface area contributed by atoms with Gasteiger partial charge in [-0.1, -0.05) is 12.1 Å². The van der Waals surface area contributed by atoms with E-state index < -0.39 is 0 Å². The van der Waals surface area contributed by atoms with E-state index in [1.807, 2.05) is 12.4 Å². The van der Waals surface area contributed by atoms with E-state index in [0.717, 1.165) is 5.56 Å². The zero-order chi connectivity index (χ0) is 10.1. The van der Waals surface area contributed by atoms with E-state index in [9.17, 15) is 0 Å². The van der Waals surface area contributed by atoms with Crippen molar-refractivity contribution in [1.82, 2.24) is 10.2 Å². The summed E-state index contributed by atoms with van der Waals surface area (Å²) in [5, 5.41) is 6.81. The van der Waals surface area contributed by atoms with Crippen molar-refractivity contribution in [3.8, 4) is 11.1 Å². The maximum absolute atomic E-state index is 3.97. The van der Waals surface area contributed by atoms with Gasteiger partial charge in [0, 0.05) is 11.8 Å². The number of hydrogen-bond acceptors (Lipinski definition) is 1. The molecule has 14 heavy (non-hydrogen) atoms. The molecule has 2 rings (SSSR count). The van der Waals surface area contributed by atoms with E-state index in [-0.39, 0.29) is 0 Å². The van der Waals surface area contributed by atoms with Gasteiger partial charge in [0.1, 0.15) is 0 Å². The number of aromatic amines is 1. The van der Waals surface area contributed by atoms with Crippen molar-refractivity contribution in [2.45, 2.75) is 20.8 Å². The van der Waals surface area contributed by atoms with E-state index >= 15 is 0 Å². The summed E-state index contributed by atoms with van der Waals surface area (Å²) in [6, 6.07) is 4.44. The van der Waals surface area contributed by atoms with E-state index in [4.69, 9.17) is 0 Å². The lowest BCUT2D eigenvalue weighted by Gasteiger charge is -2.07. The third-order valence-electron chi connectivity index (χ3n) is 2.65. The van der Waals surface area contributed by atoms with Crippen LogP contribution in [0.25, 0.3) is 11.1 Å². The first-order valence-corrected chi connectivity index (χ1v) is 4.75. The molecule has 0 unspecified atom stereocenters. The highest BCUT2D eigenvalue weighted by atomic mass is 15.1. The Bertz CT molecular complexity index is 442. The molecule has 0 bridgehead atoms. The van der Waals surface area contributed by atoms with Crippen LogP contribution < -0.4 is 0 Å². The SMILES string of the molecule is Cc1cc(C)c(-c2cn[nH]c2)cc1C. The van der Waals surface area contributed by atoms with Gasteiger partial charge in [0.15, 0.2) is 0 Å². The van der Waals surface area contributed by atoms with Gasteiger partial charge in [0.05, 0.1) is 6.20 Å². The molecule has 0 radical (unpaired) electrons. The topological polar surface area (TPSA) is 28.7 Å². The van der Waals surface area contributed by atoms with Crippen LogP contribution >= 0.6 is 0 Å². The lowest BCUT2D eigenvalue weighted by atomic mass is 9.97. The predicted molar refractivity (Wildman–Crippen MR) is 58.2 cm³/mol. The average Bonchev–Trinajstić information content (AvgIpc) is 2.64. The zero-order valence-corrected chi connectivity index (χ0v) is 8.76. The molecule has 1 aromatic carbocycles. The van der Waals surface area contributed by atoms with Crippen molar-refractivity contribution >= 4 is 0 Å². The van der Waals surface area contributed by atoms with Gasteiger partial charge < -0.3 is 0 Å². The minimum Gasteiger partial charge on any atom is -0.285 e. The molecule has 0 spiro atoms. The van der Waals surface area contributed by atoms with Crippen molar-refractivity contribution in [1.29, 1.82) is 0 Å². The van der Waals surface area contributed by atoms with Gasteiger partial charge in [-0.25, -0.2) is 0 Å². The van der Waals surface area contributed by atoms with Crippen molar-refractivity contribution in [3.05, 3.63) is 41.2 Å². The summed E-state index contributed by atoms with van der Waals surface area (Å²) in [4.78, 5) is 0. The minimum absolute atomic E-state index is 1.16. The summed E-state index contributed by atoms with van der Waals surface area (Å²) in [5.74, 6) is 0. The molecule has 1 aromatic heterocycles. The Morgan fingerprint density at radius 2 is 1.71 bits per heavy atom. The van der Waals surface area contributed by atoms with Crippen molar-refractivity contribution in [2.75, 3.05) is 0 Å². The number of nitrogens with zero attached hydrogens (tertiary/aromatic N) is 1. The summed E-state index contributed by atoms with van der Waals surface area (Å²) in [6.07, 6.45) is 3.79. The minimum atomic E-state index is 1.16. The average molecular weight is 186 g/mol.